The number of amides is 3. The van der Waals surface area contributed by atoms with Gasteiger partial charge >= 0.3 is 0 Å². The summed E-state index contributed by atoms with van der Waals surface area (Å²) in [6.45, 7) is 2.08. The Kier molecular flexibility index (Phi) is 6.08. The Hall–Kier alpha value is -3.15. The van der Waals surface area contributed by atoms with E-state index < -0.39 is 0 Å². The fourth-order valence-electron chi connectivity index (χ4n) is 2.05. The summed E-state index contributed by atoms with van der Waals surface area (Å²) in [7, 11) is 0. The van der Waals surface area contributed by atoms with Gasteiger partial charge in [-0.15, -0.1) is 0 Å². The molecule has 0 bridgehead atoms. The van der Waals surface area contributed by atoms with Crippen LogP contribution in [0.25, 0.3) is 0 Å². The van der Waals surface area contributed by atoms with Gasteiger partial charge in [0.1, 0.15) is 0 Å². The second kappa shape index (κ2) is 8.47. The Bertz CT molecular complexity index is 712. The van der Waals surface area contributed by atoms with Gasteiger partial charge in [0, 0.05) is 36.8 Å². The normalized spacial score (nSPS) is 9.88. The van der Waals surface area contributed by atoms with Crippen LogP contribution in [0.15, 0.2) is 54.6 Å². The van der Waals surface area contributed by atoms with Gasteiger partial charge in [0.2, 0.25) is 5.91 Å². The van der Waals surface area contributed by atoms with E-state index in [-0.39, 0.29) is 17.7 Å². The maximum absolute atomic E-state index is 12.0. The zero-order valence-corrected chi connectivity index (χ0v) is 13.3. The average molecular weight is 325 g/mol. The number of carbonyl (C=O) groups excluding carboxylic acids is 3. The maximum atomic E-state index is 12.0. The van der Waals surface area contributed by atoms with Gasteiger partial charge in [-0.3, -0.25) is 14.4 Å². The Morgan fingerprint density at radius 3 is 1.75 bits per heavy atom. The molecule has 0 aromatic heterocycles. The lowest BCUT2D eigenvalue weighted by Crippen LogP contribution is -2.34. The molecule has 0 saturated carbocycles. The van der Waals surface area contributed by atoms with Crippen molar-refractivity contribution < 1.29 is 14.4 Å². The van der Waals surface area contributed by atoms with Crippen LogP contribution in [-0.2, 0) is 4.79 Å². The fourth-order valence-corrected chi connectivity index (χ4v) is 2.05. The third-order valence-electron chi connectivity index (χ3n) is 3.20. The van der Waals surface area contributed by atoms with E-state index >= 15 is 0 Å². The van der Waals surface area contributed by atoms with E-state index in [1.807, 2.05) is 6.07 Å². The van der Waals surface area contributed by atoms with Crippen LogP contribution < -0.4 is 16.0 Å². The van der Waals surface area contributed by atoms with Crippen LogP contribution in [0.5, 0.6) is 0 Å². The van der Waals surface area contributed by atoms with Crippen LogP contribution in [0.1, 0.15) is 27.6 Å². The van der Waals surface area contributed by atoms with E-state index in [0.717, 1.165) is 0 Å². The molecule has 24 heavy (non-hydrogen) atoms. The van der Waals surface area contributed by atoms with Crippen LogP contribution in [0.2, 0.25) is 0 Å². The number of carbonyl (C=O) groups is 3. The van der Waals surface area contributed by atoms with Gasteiger partial charge in [0.15, 0.2) is 0 Å². The number of nitrogens with one attached hydrogen (secondary N) is 3. The van der Waals surface area contributed by atoms with Gasteiger partial charge in [-0.1, -0.05) is 18.2 Å². The van der Waals surface area contributed by atoms with Crippen molar-refractivity contribution >= 4 is 23.4 Å². The molecular weight excluding hydrogens is 306 g/mol. The minimum Gasteiger partial charge on any atom is -0.350 e. The number of hydrogen-bond acceptors (Lipinski definition) is 3. The molecule has 0 aliphatic rings. The molecule has 6 nitrogen and oxygen atoms in total. The lowest BCUT2D eigenvalue weighted by Gasteiger charge is -2.08. The molecule has 0 fully saturated rings. The van der Waals surface area contributed by atoms with E-state index in [1.165, 1.54) is 6.92 Å². The second-order valence-electron chi connectivity index (χ2n) is 5.14. The van der Waals surface area contributed by atoms with Gasteiger partial charge in [0.25, 0.3) is 11.8 Å². The van der Waals surface area contributed by atoms with Crippen molar-refractivity contribution in [3.8, 4) is 0 Å². The first-order chi connectivity index (χ1) is 11.6. The topological polar surface area (TPSA) is 87.3 Å². The van der Waals surface area contributed by atoms with Crippen molar-refractivity contribution in [2.24, 2.45) is 0 Å². The van der Waals surface area contributed by atoms with Crippen molar-refractivity contribution in [1.29, 1.82) is 0 Å². The molecule has 0 unspecified atom stereocenters. The Balaban J connectivity index is 1.75. The van der Waals surface area contributed by atoms with Gasteiger partial charge in [-0.05, 0) is 36.4 Å². The lowest BCUT2D eigenvalue weighted by atomic mass is 10.2. The SMILES string of the molecule is CC(=O)Nc1ccc(C(=O)NCCNC(=O)c2ccccc2)cc1. The van der Waals surface area contributed by atoms with Gasteiger partial charge in [-0.2, -0.15) is 0 Å². The molecule has 0 heterocycles. The molecule has 0 spiro atoms. The van der Waals surface area contributed by atoms with E-state index in [9.17, 15) is 14.4 Å². The summed E-state index contributed by atoms with van der Waals surface area (Å²) < 4.78 is 0. The highest BCUT2D eigenvalue weighted by atomic mass is 16.2. The number of hydrogen-bond donors (Lipinski definition) is 3. The third kappa shape index (κ3) is 5.24. The first-order valence-electron chi connectivity index (χ1n) is 7.55. The molecular formula is C18H19N3O3. The molecule has 2 aromatic rings. The number of rotatable bonds is 6. The smallest absolute Gasteiger partial charge is 0.251 e. The van der Waals surface area contributed by atoms with Crippen molar-refractivity contribution in [3.63, 3.8) is 0 Å². The lowest BCUT2D eigenvalue weighted by molar-refractivity contribution is -0.114. The quantitative estimate of drug-likeness (QED) is 0.708. The van der Waals surface area contributed by atoms with E-state index in [4.69, 9.17) is 0 Å². The molecule has 2 aromatic carbocycles. The van der Waals surface area contributed by atoms with E-state index in [2.05, 4.69) is 16.0 Å². The van der Waals surface area contributed by atoms with Crippen LogP contribution in [0.3, 0.4) is 0 Å². The van der Waals surface area contributed by atoms with Crippen LogP contribution >= 0.6 is 0 Å². The first-order valence-corrected chi connectivity index (χ1v) is 7.55. The standard InChI is InChI=1S/C18H19N3O3/c1-13(22)21-16-9-7-15(8-10-16)18(24)20-12-11-19-17(23)14-5-3-2-4-6-14/h2-10H,11-12H2,1H3,(H,19,23)(H,20,24)(H,21,22). The average Bonchev–Trinajstić information content (AvgIpc) is 2.59. The van der Waals surface area contributed by atoms with Gasteiger partial charge in [0.05, 0.1) is 0 Å². The van der Waals surface area contributed by atoms with Crippen molar-refractivity contribution in [3.05, 3.63) is 65.7 Å². The summed E-state index contributed by atoms with van der Waals surface area (Å²) in [4.78, 5) is 34.7. The van der Waals surface area contributed by atoms with Crippen LogP contribution in [0, 0.1) is 0 Å². The predicted octanol–water partition coefficient (Wildman–Crippen LogP) is 1.80. The van der Waals surface area contributed by atoms with Crippen molar-refractivity contribution in [2.75, 3.05) is 18.4 Å². The Morgan fingerprint density at radius 1 is 0.750 bits per heavy atom. The van der Waals surface area contributed by atoms with Crippen molar-refractivity contribution in [2.45, 2.75) is 6.92 Å². The van der Waals surface area contributed by atoms with Crippen molar-refractivity contribution in [1.82, 2.24) is 10.6 Å². The zero-order chi connectivity index (χ0) is 17.4. The molecule has 0 radical (unpaired) electrons. The third-order valence-corrected chi connectivity index (χ3v) is 3.20. The predicted molar refractivity (Wildman–Crippen MR) is 91.9 cm³/mol. The molecule has 0 aliphatic carbocycles. The highest BCUT2D eigenvalue weighted by molar-refractivity contribution is 5.96. The molecule has 3 N–H and O–H groups in total. The summed E-state index contributed by atoms with van der Waals surface area (Å²) in [5.74, 6) is -0.579. The fraction of sp³-hybridized carbons (Fsp3) is 0.167. The summed E-state index contributed by atoms with van der Waals surface area (Å²) in [5.41, 5.74) is 1.70. The number of anilines is 1. The Morgan fingerprint density at radius 2 is 1.25 bits per heavy atom. The molecule has 3 amide bonds. The zero-order valence-electron chi connectivity index (χ0n) is 13.3. The summed E-state index contributed by atoms with van der Waals surface area (Å²) in [6.07, 6.45) is 0. The van der Waals surface area contributed by atoms with Crippen LogP contribution in [-0.4, -0.2) is 30.8 Å². The Labute approximate surface area is 140 Å². The van der Waals surface area contributed by atoms with Gasteiger partial charge < -0.3 is 16.0 Å². The molecule has 124 valence electrons. The minimum absolute atomic E-state index is 0.165. The molecule has 0 saturated heterocycles. The minimum atomic E-state index is -0.238. The van der Waals surface area contributed by atoms with Gasteiger partial charge in [-0.25, -0.2) is 0 Å². The maximum Gasteiger partial charge on any atom is 0.251 e. The van der Waals surface area contributed by atoms with Crippen LogP contribution in [0.4, 0.5) is 5.69 Å². The summed E-state index contributed by atoms with van der Waals surface area (Å²) >= 11 is 0. The highest BCUT2D eigenvalue weighted by Gasteiger charge is 2.06. The largest absolute Gasteiger partial charge is 0.350 e. The summed E-state index contributed by atoms with van der Waals surface area (Å²) in [5, 5.41) is 8.09. The summed E-state index contributed by atoms with van der Waals surface area (Å²) in [6, 6.07) is 15.5. The van der Waals surface area contributed by atoms with E-state index in [1.54, 1.807) is 48.5 Å². The first kappa shape index (κ1) is 17.2. The monoisotopic (exact) mass is 325 g/mol. The second-order valence-corrected chi connectivity index (χ2v) is 5.14. The molecule has 0 atom stereocenters. The molecule has 0 aliphatic heterocycles. The highest BCUT2D eigenvalue weighted by Crippen LogP contribution is 2.09. The molecule has 2 rings (SSSR count). The number of benzene rings is 2. The molecule has 6 heteroatoms. The van der Waals surface area contributed by atoms with E-state index in [0.29, 0.717) is 29.9 Å².